The van der Waals surface area contributed by atoms with Crippen LogP contribution in [-0.4, -0.2) is 50.1 Å². The zero-order valence-corrected chi connectivity index (χ0v) is 10.6. The highest BCUT2D eigenvalue weighted by Gasteiger charge is 2.23. The van der Waals surface area contributed by atoms with E-state index in [1.807, 2.05) is 0 Å². The Morgan fingerprint density at radius 1 is 1.61 bits per heavy atom. The SMILES string of the molecule is CCNc1ncnc(SCC(O)CO)c1[N+](=O)[O-]. The summed E-state index contributed by atoms with van der Waals surface area (Å²) in [6.45, 7) is 1.90. The Morgan fingerprint density at radius 2 is 2.33 bits per heavy atom. The molecule has 1 aromatic rings. The molecule has 1 rings (SSSR count). The second-order valence-electron chi connectivity index (χ2n) is 3.31. The molecule has 0 aliphatic carbocycles. The van der Waals surface area contributed by atoms with Gasteiger partial charge < -0.3 is 15.5 Å². The minimum atomic E-state index is -0.938. The fourth-order valence-electron chi connectivity index (χ4n) is 1.16. The summed E-state index contributed by atoms with van der Waals surface area (Å²) < 4.78 is 0. The molecule has 0 aliphatic rings. The smallest absolute Gasteiger partial charge is 0.343 e. The number of aliphatic hydroxyl groups excluding tert-OH is 2. The number of aromatic nitrogens is 2. The summed E-state index contributed by atoms with van der Waals surface area (Å²) in [4.78, 5) is 18.1. The van der Waals surface area contributed by atoms with Crippen molar-refractivity contribution in [2.24, 2.45) is 0 Å². The van der Waals surface area contributed by atoms with Gasteiger partial charge >= 0.3 is 5.69 Å². The van der Waals surface area contributed by atoms with Crippen molar-refractivity contribution in [1.82, 2.24) is 9.97 Å². The van der Waals surface area contributed by atoms with Gasteiger partial charge in [0.2, 0.25) is 5.82 Å². The lowest BCUT2D eigenvalue weighted by Crippen LogP contribution is -2.15. The fourth-order valence-corrected chi connectivity index (χ4v) is 2.04. The third kappa shape index (κ3) is 3.79. The lowest BCUT2D eigenvalue weighted by molar-refractivity contribution is -0.387. The summed E-state index contributed by atoms with van der Waals surface area (Å²) in [7, 11) is 0. The lowest BCUT2D eigenvalue weighted by atomic mass is 10.4. The van der Waals surface area contributed by atoms with E-state index in [0.717, 1.165) is 11.8 Å². The minimum absolute atomic E-state index is 0.125. The van der Waals surface area contributed by atoms with Crippen LogP contribution in [0.4, 0.5) is 11.5 Å². The first kappa shape index (κ1) is 14.6. The van der Waals surface area contributed by atoms with Crippen LogP contribution in [0, 0.1) is 10.1 Å². The van der Waals surface area contributed by atoms with E-state index >= 15 is 0 Å². The predicted molar refractivity (Wildman–Crippen MR) is 66.7 cm³/mol. The normalized spacial score (nSPS) is 12.2. The van der Waals surface area contributed by atoms with Gasteiger partial charge in [-0.1, -0.05) is 11.8 Å². The van der Waals surface area contributed by atoms with Gasteiger partial charge in [-0.3, -0.25) is 10.1 Å². The average Bonchev–Trinajstić information content (AvgIpc) is 2.36. The highest BCUT2D eigenvalue weighted by molar-refractivity contribution is 7.99. The molecule has 0 bridgehead atoms. The number of nitrogens with one attached hydrogen (secondary N) is 1. The van der Waals surface area contributed by atoms with E-state index in [0.29, 0.717) is 6.54 Å². The van der Waals surface area contributed by atoms with Gasteiger partial charge in [0.15, 0.2) is 5.03 Å². The van der Waals surface area contributed by atoms with Crippen molar-refractivity contribution in [3.8, 4) is 0 Å². The summed E-state index contributed by atoms with van der Waals surface area (Å²) in [5.74, 6) is 0.276. The van der Waals surface area contributed by atoms with Crippen LogP contribution in [0.15, 0.2) is 11.4 Å². The van der Waals surface area contributed by atoms with Crippen molar-refractivity contribution < 1.29 is 15.1 Å². The first-order valence-electron chi connectivity index (χ1n) is 5.25. The summed E-state index contributed by atoms with van der Waals surface area (Å²) in [6, 6.07) is 0. The van der Waals surface area contributed by atoms with E-state index in [2.05, 4.69) is 15.3 Å². The number of rotatable bonds is 7. The van der Waals surface area contributed by atoms with Crippen molar-refractivity contribution in [2.75, 3.05) is 24.2 Å². The van der Waals surface area contributed by atoms with E-state index in [4.69, 9.17) is 5.11 Å². The third-order valence-corrected chi connectivity index (χ3v) is 3.06. The second-order valence-corrected chi connectivity index (χ2v) is 4.32. The molecule has 0 saturated heterocycles. The van der Waals surface area contributed by atoms with Crippen LogP contribution in [-0.2, 0) is 0 Å². The lowest BCUT2D eigenvalue weighted by Gasteiger charge is -2.08. The molecule has 1 heterocycles. The summed E-state index contributed by atoms with van der Waals surface area (Å²) >= 11 is 1.01. The van der Waals surface area contributed by atoms with Crippen LogP contribution < -0.4 is 5.32 Å². The van der Waals surface area contributed by atoms with E-state index in [-0.39, 0.29) is 22.3 Å². The van der Waals surface area contributed by atoms with Gasteiger partial charge in [-0.05, 0) is 6.92 Å². The van der Waals surface area contributed by atoms with Crippen LogP contribution in [0.1, 0.15) is 6.92 Å². The van der Waals surface area contributed by atoms with Crippen LogP contribution in [0.5, 0.6) is 0 Å². The van der Waals surface area contributed by atoms with Gasteiger partial charge in [0, 0.05) is 12.3 Å². The van der Waals surface area contributed by atoms with E-state index < -0.39 is 17.6 Å². The number of hydrogen-bond acceptors (Lipinski definition) is 8. The molecule has 100 valence electrons. The maximum absolute atomic E-state index is 11.0. The second kappa shape index (κ2) is 7.09. The molecule has 0 aromatic carbocycles. The summed E-state index contributed by atoms with van der Waals surface area (Å²) in [5.41, 5.74) is -0.213. The molecule has 0 saturated carbocycles. The van der Waals surface area contributed by atoms with Gasteiger partial charge in [0.25, 0.3) is 0 Å². The Labute approximate surface area is 108 Å². The standard InChI is InChI=1S/C9H14N4O4S/c1-2-10-8-7(13(16)17)9(12-5-11-8)18-4-6(15)3-14/h5-6,14-15H,2-4H2,1H3,(H,10,11,12). The highest BCUT2D eigenvalue weighted by atomic mass is 32.2. The molecule has 1 atom stereocenters. The monoisotopic (exact) mass is 274 g/mol. The number of aliphatic hydroxyl groups is 2. The van der Waals surface area contributed by atoms with Crippen molar-refractivity contribution in [3.63, 3.8) is 0 Å². The first-order chi connectivity index (χ1) is 8.60. The first-order valence-corrected chi connectivity index (χ1v) is 6.23. The third-order valence-electron chi connectivity index (χ3n) is 1.94. The molecule has 0 aliphatic heterocycles. The van der Waals surface area contributed by atoms with Gasteiger partial charge in [0.05, 0.1) is 17.6 Å². The van der Waals surface area contributed by atoms with Gasteiger partial charge in [-0.2, -0.15) is 0 Å². The van der Waals surface area contributed by atoms with Gasteiger partial charge in [-0.25, -0.2) is 9.97 Å². The molecule has 9 heteroatoms. The molecule has 18 heavy (non-hydrogen) atoms. The Bertz CT molecular complexity index is 418. The molecule has 1 unspecified atom stereocenters. The Balaban J connectivity index is 2.95. The van der Waals surface area contributed by atoms with Crippen molar-refractivity contribution in [1.29, 1.82) is 0 Å². The summed E-state index contributed by atoms with van der Waals surface area (Å²) in [5, 5.41) is 31.8. The van der Waals surface area contributed by atoms with E-state index in [1.165, 1.54) is 6.33 Å². The number of nitrogens with zero attached hydrogens (tertiary/aromatic N) is 3. The Hall–Kier alpha value is -1.45. The van der Waals surface area contributed by atoms with E-state index in [1.54, 1.807) is 6.92 Å². The van der Waals surface area contributed by atoms with Gasteiger partial charge in [0.1, 0.15) is 6.33 Å². The highest BCUT2D eigenvalue weighted by Crippen LogP contribution is 2.32. The largest absolute Gasteiger partial charge is 0.394 e. The van der Waals surface area contributed by atoms with Crippen LogP contribution in [0.3, 0.4) is 0 Å². The zero-order valence-electron chi connectivity index (χ0n) is 9.74. The number of thioether (sulfide) groups is 1. The van der Waals surface area contributed by atoms with Crippen LogP contribution in [0.2, 0.25) is 0 Å². The number of nitro groups is 1. The molecule has 0 amide bonds. The molecular weight excluding hydrogens is 260 g/mol. The van der Waals surface area contributed by atoms with Crippen molar-refractivity contribution in [3.05, 3.63) is 16.4 Å². The predicted octanol–water partition coefficient (Wildman–Crippen LogP) is 0.262. The van der Waals surface area contributed by atoms with Crippen LogP contribution in [0.25, 0.3) is 0 Å². The Morgan fingerprint density at radius 3 is 2.89 bits per heavy atom. The number of hydrogen-bond donors (Lipinski definition) is 3. The topological polar surface area (TPSA) is 121 Å². The Kier molecular flexibility index (Phi) is 5.75. The number of anilines is 1. The maximum atomic E-state index is 11.0. The van der Waals surface area contributed by atoms with E-state index in [9.17, 15) is 15.2 Å². The molecule has 8 nitrogen and oxygen atoms in total. The minimum Gasteiger partial charge on any atom is -0.394 e. The molecule has 0 radical (unpaired) electrons. The molecule has 3 N–H and O–H groups in total. The van der Waals surface area contributed by atoms with Gasteiger partial charge in [-0.15, -0.1) is 0 Å². The quantitative estimate of drug-likeness (QED) is 0.280. The van der Waals surface area contributed by atoms with Crippen molar-refractivity contribution >= 4 is 23.3 Å². The molecule has 0 fully saturated rings. The molecular formula is C9H14N4O4S. The summed E-state index contributed by atoms with van der Waals surface area (Å²) in [6.07, 6.45) is 0.283. The molecule has 0 spiro atoms. The maximum Gasteiger partial charge on any atom is 0.343 e. The average molecular weight is 274 g/mol. The van der Waals surface area contributed by atoms with Crippen molar-refractivity contribution in [2.45, 2.75) is 18.1 Å². The molecule has 1 aromatic heterocycles. The zero-order chi connectivity index (χ0) is 13.5. The fraction of sp³-hybridized carbons (Fsp3) is 0.556. The van der Waals surface area contributed by atoms with Crippen LogP contribution >= 0.6 is 11.8 Å².